The minimum absolute atomic E-state index is 0.0348. The number of ether oxygens (including phenoxy) is 1. The van der Waals surface area contributed by atoms with E-state index >= 15 is 0 Å². The molecule has 114 valence electrons. The van der Waals surface area contributed by atoms with E-state index in [9.17, 15) is 9.59 Å². The molecule has 5 nitrogen and oxygen atoms in total. The highest BCUT2D eigenvalue weighted by Crippen LogP contribution is 2.15. The molecule has 22 heavy (non-hydrogen) atoms. The summed E-state index contributed by atoms with van der Waals surface area (Å²) >= 11 is 0. The fourth-order valence-corrected chi connectivity index (χ4v) is 1.91. The fourth-order valence-electron chi connectivity index (χ4n) is 1.91. The Labute approximate surface area is 129 Å². The third kappa shape index (κ3) is 4.34. The summed E-state index contributed by atoms with van der Waals surface area (Å²) in [4.78, 5) is 23.2. The molecule has 0 fully saturated rings. The van der Waals surface area contributed by atoms with Gasteiger partial charge in [-0.25, -0.2) is 0 Å². The van der Waals surface area contributed by atoms with Crippen LogP contribution < -0.4 is 15.4 Å². The average molecular weight is 298 g/mol. The Hall–Kier alpha value is -2.82. The normalized spacial score (nSPS) is 9.91. The van der Waals surface area contributed by atoms with Gasteiger partial charge in [-0.15, -0.1) is 0 Å². The Morgan fingerprint density at radius 1 is 1.05 bits per heavy atom. The highest BCUT2D eigenvalue weighted by molar-refractivity contribution is 5.98. The number of ketones is 1. The molecule has 0 radical (unpaired) electrons. The number of anilines is 2. The maximum atomic E-state index is 11.9. The van der Waals surface area contributed by atoms with Gasteiger partial charge in [-0.2, -0.15) is 0 Å². The lowest BCUT2D eigenvalue weighted by molar-refractivity contribution is -0.114. The van der Waals surface area contributed by atoms with Crippen LogP contribution in [0.4, 0.5) is 11.4 Å². The predicted molar refractivity (Wildman–Crippen MR) is 86.6 cm³/mol. The Morgan fingerprint density at radius 3 is 2.41 bits per heavy atom. The van der Waals surface area contributed by atoms with E-state index in [4.69, 9.17) is 4.74 Å². The number of methoxy groups -OCH3 is 1. The number of carbonyl (C=O) groups is 2. The van der Waals surface area contributed by atoms with Crippen molar-refractivity contribution in [2.45, 2.75) is 6.92 Å². The van der Waals surface area contributed by atoms with Crippen LogP contribution in [0.5, 0.6) is 5.75 Å². The number of hydrogen-bond acceptors (Lipinski definition) is 4. The van der Waals surface area contributed by atoms with Crippen molar-refractivity contribution in [2.24, 2.45) is 0 Å². The largest absolute Gasteiger partial charge is 0.497 e. The van der Waals surface area contributed by atoms with E-state index in [1.54, 1.807) is 31.4 Å². The van der Waals surface area contributed by atoms with Gasteiger partial charge in [0.25, 0.3) is 0 Å². The maximum Gasteiger partial charge on any atom is 0.243 e. The molecule has 5 heteroatoms. The molecule has 0 heterocycles. The smallest absolute Gasteiger partial charge is 0.243 e. The number of benzene rings is 2. The molecule has 0 saturated carbocycles. The van der Waals surface area contributed by atoms with E-state index < -0.39 is 0 Å². The summed E-state index contributed by atoms with van der Waals surface area (Å²) in [5, 5.41) is 5.77. The van der Waals surface area contributed by atoms with Crippen LogP contribution in [0.25, 0.3) is 0 Å². The third-order valence-corrected chi connectivity index (χ3v) is 3.10. The molecule has 0 spiro atoms. The summed E-state index contributed by atoms with van der Waals surface area (Å²) in [6.45, 7) is 1.63. The van der Waals surface area contributed by atoms with Crippen molar-refractivity contribution in [3.05, 3.63) is 54.1 Å². The Kier molecular flexibility index (Phi) is 5.14. The number of Topliss-reactive ketones (excluding diaryl/α,β-unsaturated/α-hetero) is 1. The van der Waals surface area contributed by atoms with Gasteiger partial charge < -0.3 is 15.4 Å². The molecular weight excluding hydrogens is 280 g/mol. The van der Waals surface area contributed by atoms with Gasteiger partial charge >= 0.3 is 0 Å². The third-order valence-electron chi connectivity index (χ3n) is 3.10. The van der Waals surface area contributed by atoms with Crippen LogP contribution in [0.3, 0.4) is 0 Å². The molecule has 0 aromatic heterocycles. The molecule has 0 bridgehead atoms. The van der Waals surface area contributed by atoms with Crippen LogP contribution in [-0.4, -0.2) is 25.3 Å². The molecule has 2 rings (SSSR count). The maximum absolute atomic E-state index is 11.9. The summed E-state index contributed by atoms with van der Waals surface area (Å²) in [6.07, 6.45) is 0. The lowest BCUT2D eigenvalue weighted by Crippen LogP contribution is -2.21. The van der Waals surface area contributed by atoms with E-state index in [1.807, 2.05) is 24.3 Å². The highest BCUT2D eigenvalue weighted by Gasteiger charge is 2.05. The van der Waals surface area contributed by atoms with Gasteiger partial charge in [0.05, 0.1) is 13.7 Å². The van der Waals surface area contributed by atoms with Crippen LogP contribution in [0, 0.1) is 0 Å². The summed E-state index contributed by atoms with van der Waals surface area (Å²) in [6, 6.07) is 14.2. The van der Waals surface area contributed by atoms with Gasteiger partial charge in [0.2, 0.25) is 5.91 Å². The summed E-state index contributed by atoms with van der Waals surface area (Å²) < 4.78 is 5.07. The van der Waals surface area contributed by atoms with Crippen molar-refractivity contribution in [3.63, 3.8) is 0 Å². The molecule has 0 aliphatic rings. The van der Waals surface area contributed by atoms with E-state index in [0.29, 0.717) is 11.3 Å². The van der Waals surface area contributed by atoms with Crippen molar-refractivity contribution in [3.8, 4) is 5.75 Å². The molecule has 0 unspecified atom stereocenters. The first-order chi connectivity index (χ1) is 10.6. The van der Waals surface area contributed by atoms with Gasteiger partial charge in [0.15, 0.2) is 5.78 Å². The summed E-state index contributed by atoms with van der Waals surface area (Å²) in [5.41, 5.74) is 2.00. The lowest BCUT2D eigenvalue weighted by atomic mass is 10.1. The van der Waals surface area contributed by atoms with Crippen molar-refractivity contribution >= 4 is 23.1 Å². The van der Waals surface area contributed by atoms with Crippen molar-refractivity contribution in [1.29, 1.82) is 0 Å². The van der Waals surface area contributed by atoms with E-state index in [2.05, 4.69) is 10.6 Å². The number of hydrogen-bond donors (Lipinski definition) is 2. The van der Waals surface area contributed by atoms with E-state index in [-0.39, 0.29) is 18.2 Å². The van der Waals surface area contributed by atoms with Crippen LogP contribution in [-0.2, 0) is 4.79 Å². The summed E-state index contributed by atoms with van der Waals surface area (Å²) in [7, 11) is 1.60. The first kappa shape index (κ1) is 15.6. The number of amides is 1. The molecular formula is C17H18N2O3. The van der Waals surface area contributed by atoms with Crippen molar-refractivity contribution < 1.29 is 14.3 Å². The van der Waals surface area contributed by atoms with Gasteiger partial charge in [0, 0.05) is 16.9 Å². The Bertz CT molecular complexity index is 666. The molecule has 0 saturated heterocycles. The van der Waals surface area contributed by atoms with Crippen LogP contribution in [0.15, 0.2) is 48.5 Å². The zero-order valence-corrected chi connectivity index (χ0v) is 12.6. The topological polar surface area (TPSA) is 67.4 Å². The molecule has 0 atom stereocenters. The number of nitrogens with one attached hydrogen (secondary N) is 2. The second kappa shape index (κ2) is 7.26. The molecule has 0 aliphatic carbocycles. The molecule has 1 amide bonds. The summed E-state index contributed by atoms with van der Waals surface area (Å²) in [5.74, 6) is 0.542. The predicted octanol–water partition coefficient (Wildman–Crippen LogP) is 2.95. The van der Waals surface area contributed by atoms with Crippen LogP contribution in [0.1, 0.15) is 17.3 Å². The quantitative estimate of drug-likeness (QED) is 0.805. The first-order valence-corrected chi connectivity index (χ1v) is 6.87. The number of carbonyl (C=O) groups excluding carboxylic acids is 2. The molecule has 2 aromatic rings. The fraction of sp³-hybridized carbons (Fsp3) is 0.176. The van der Waals surface area contributed by atoms with Gasteiger partial charge in [-0.3, -0.25) is 9.59 Å². The minimum Gasteiger partial charge on any atom is -0.497 e. The standard InChI is InChI=1S/C17H18N2O3/c1-12(20)13-4-3-5-15(10-13)19-17(21)11-18-14-6-8-16(22-2)9-7-14/h3-10,18H,11H2,1-2H3,(H,19,21). The monoisotopic (exact) mass is 298 g/mol. The lowest BCUT2D eigenvalue weighted by Gasteiger charge is -2.09. The van der Waals surface area contributed by atoms with Crippen LogP contribution >= 0.6 is 0 Å². The van der Waals surface area contributed by atoms with Gasteiger partial charge in [-0.05, 0) is 43.3 Å². The van der Waals surface area contributed by atoms with Gasteiger partial charge in [-0.1, -0.05) is 12.1 Å². The Balaban J connectivity index is 1.89. The first-order valence-electron chi connectivity index (χ1n) is 6.87. The number of rotatable bonds is 6. The molecule has 0 aliphatic heterocycles. The van der Waals surface area contributed by atoms with Crippen LogP contribution in [0.2, 0.25) is 0 Å². The highest BCUT2D eigenvalue weighted by atomic mass is 16.5. The SMILES string of the molecule is COc1ccc(NCC(=O)Nc2cccc(C(C)=O)c2)cc1. The van der Waals surface area contributed by atoms with E-state index in [0.717, 1.165) is 11.4 Å². The Morgan fingerprint density at radius 2 is 1.77 bits per heavy atom. The second-order valence-electron chi connectivity index (χ2n) is 4.77. The second-order valence-corrected chi connectivity index (χ2v) is 4.77. The minimum atomic E-state index is -0.184. The van der Waals surface area contributed by atoms with Crippen molar-refractivity contribution in [2.75, 3.05) is 24.3 Å². The average Bonchev–Trinajstić information content (AvgIpc) is 2.53. The van der Waals surface area contributed by atoms with Gasteiger partial charge in [0.1, 0.15) is 5.75 Å². The zero-order valence-electron chi connectivity index (χ0n) is 12.6. The zero-order chi connectivity index (χ0) is 15.9. The molecule has 2 aromatic carbocycles. The van der Waals surface area contributed by atoms with Crippen molar-refractivity contribution in [1.82, 2.24) is 0 Å². The molecule has 2 N–H and O–H groups in total. The van der Waals surface area contributed by atoms with E-state index in [1.165, 1.54) is 6.92 Å².